The molecule has 1 saturated heterocycles. The highest BCUT2D eigenvalue weighted by molar-refractivity contribution is 5.59. The topological polar surface area (TPSA) is 47.0 Å². The minimum Gasteiger partial charge on any atom is -0.497 e. The molecule has 1 aliphatic rings. The van der Waals surface area contributed by atoms with Crippen LogP contribution in [0.1, 0.15) is 11.7 Å². The fourth-order valence-electron chi connectivity index (χ4n) is 1.96. The highest BCUT2D eigenvalue weighted by Gasteiger charge is 2.21. The summed E-state index contributed by atoms with van der Waals surface area (Å²) in [5.74, 6) is 2.25. The molecule has 4 heteroatoms. The summed E-state index contributed by atoms with van der Waals surface area (Å²) in [6.45, 7) is 1.96. The van der Waals surface area contributed by atoms with Crippen LogP contribution in [0.2, 0.25) is 0 Å². The molecule has 0 saturated carbocycles. The largest absolute Gasteiger partial charge is 0.497 e. The molecule has 2 aromatic rings. The third-order valence-corrected chi connectivity index (χ3v) is 3.21. The molecule has 0 atom stereocenters. The standard InChI is InChI=1S/C14H15N3O/c1-18-12-4-2-10(3-5-12)13-6-7-16-14(17-13)11-8-15-9-11/h2-7,11,15H,8-9H2,1H3. The summed E-state index contributed by atoms with van der Waals surface area (Å²) >= 11 is 0. The Morgan fingerprint density at radius 3 is 2.56 bits per heavy atom. The van der Waals surface area contributed by atoms with Gasteiger partial charge in [0.15, 0.2) is 0 Å². The van der Waals surface area contributed by atoms with E-state index in [1.165, 1.54) is 0 Å². The van der Waals surface area contributed by atoms with Crippen LogP contribution in [0.5, 0.6) is 5.75 Å². The molecule has 4 nitrogen and oxygen atoms in total. The monoisotopic (exact) mass is 241 g/mol. The van der Waals surface area contributed by atoms with Gasteiger partial charge in [0, 0.05) is 30.8 Å². The van der Waals surface area contributed by atoms with Crippen molar-refractivity contribution in [2.75, 3.05) is 20.2 Å². The van der Waals surface area contributed by atoms with Gasteiger partial charge < -0.3 is 10.1 Å². The second-order valence-corrected chi connectivity index (χ2v) is 4.38. The molecule has 0 amide bonds. The van der Waals surface area contributed by atoms with Gasteiger partial charge >= 0.3 is 0 Å². The summed E-state index contributed by atoms with van der Waals surface area (Å²) in [5, 5.41) is 3.24. The van der Waals surface area contributed by atoms with Gasteiger partial charge in [0.25, 0.3) is 0 Å². The zero-order valence-electron chi connectivity index (χ0n) is 10.3. The van der Waals surface area contributed by atoms with Crippen molar-refractivity contribution in [2.45, 2.75) is 5.92 Å². The van der Waals surface area contributed by atoms with Gasteiger partial charge in [-0.1, -0.05) is 0 Å². The molecule has 1 fully saturated rings. The molecule has 18 heavy (non-hydrogen) atoms. The molecule has 1 N–H and O–H groups in total. The molecule has 0 aliphatic carbocycles. The van der Waals surface area contributed by atoms with E-state index in [9.17, 15) is 0 Å². The lowest BCUT2D eigenvalue weighted by atomic mass is 10.0. The Labute approximate surface area is 106 Å². The SMILES string of the molecule is COc1ccc(-c2ccnc(C3CNC3)n2)cc1. The van der Waals surface area contributed by atoms with Crippen molar-refractivity contribution in [1.29, 1.82) is 0 Å². The lowest BCUT2D eigenvalue weighted by Crippen LogP contribution is -2.40. The molecule has 3 rings (SSSR count). The predicted octanol–water partition coefficient (Wildman–Crippen LogP) is 1.84. The third-order valence-electron chi connectivity index (χ3n) is 3.21. The van der Waals surface area contributed by atoms with Gasteiger partial charge in [0.2, 0.25) is 0 Å². The molecule has 1 aromatic heterocycles. The highest BCUT2D eigenvalue weighted by Crippen LogP contribution is 2.22. The highest BCUT2D eigenvalue weighted by atomic mass is 16.5. The zero-order chi connectivity index (χ0) is 12.4. The lowest BCUT2D eigenvalue weighted by molar-refractivity contribution is 0.415. The number of nitrogens with one attached hydrogen (secondary N) is 1. The fourth-order valence-corrected chi connectivity index (χ4v) is 1.96. The molecule has 92 valence electrons. The van der Waals surface area contributed by atoms with Crippen LogP contribution in [-0.2, 0) is 0 Å². The zero-order valence-corrected chi connectivity index (χ0v) is 10.3. The maximum atomic E-state index is 5.15. The van der Waals surface area contributed by atoms with Crippen molar-refractivity contribution in [1.82, 2.24) is 15.3 Å². The van der Waals surface area contributed by atoms with Crippen LogP contribution in [0, 0.1) is 0 Å². The normalized spacial score (nSPS) is 15.2. The third kappa shape index (κ3) is 2.07. The fraction of sp³-hybridized carbons (Fsp3) is 0.286. The number of aromatic nitrogens is 2. The van der Waals surface area contributed by atoms with Crippen LogP contribution >= 0.6 is 0 Å². The summed E-state index contributed by atoms with van der Waals surface area (Å²) in [6, 6.07) is 9.87. The number of nitrogens with zero attached hydrogens (tertiary/aromatic N) is 2. The molecule has 0 bridgehead atoms. The maximum Gasteiger partial charge on any atom is 0.134 e. The maximum absolute atomic E-state index is 5.15. The van der Waals surface area contributed by atoms with E-state index in [-0.39, 0.29) is 0 Å². The van der Waals surface area contributed by atoms with E-state index in [1.807, 2.05) is 36.5 Å². The predicted molar refractivity (Wildman–Crippen MR) is 69.6 cm³/mol. The van der Waals surface area contributed by atoms with Gasteiger partial charge in [0.05, 0.1) is 12.8 Å². The van der Waals surface area contributed by atoms with E-state index in [0.717, 1.165) is 35.9 Å². The Hall–Kier alpha value is -1.94. The van der Waals surface area contributed by atoms with E-state index in [4.69, 9.17) is 4.74 Å². The second-order valence-electron chi connectivity index (χ2n) is 4.38. The van der Waals surface area contributed by atoms with E-state index >= 15 is 0 Å². The summed E-state index contributed by atoms with van der Waals surface area (Å²) in [7, 11) is 1.67. The van der Waals surface area contributed by atoms with Crippen molar-refractivity contribution in [3.8, 4) is 17.0 Å². The average Bonchev–Trinajstić information content (AvgIpc) is 2.37. The number of methoxy groups -OCH3 is 1. The molecule has 0 spiro atoms. The van der Waals surface area contributed by atoms with Crippen molar-refractivity contribution < 1.29 is 4.74 Å². The Bertz CT molecular complexity index is 535. The molecular formula is C14H15N3O. The van der Waals surface area contributed by atoms with Crippen molar-refractivity contribution in [3.05, 3.63) is 42.4 Å². The molecule has 2 heterocycles. The lowest BCUT2D eigenvalue weighted by Gasteiger charge is -2.25. The van der Waals surface area contributed by atoms with Gasteiger partial charge in [-0.15, -0.1) is 0 Å². The van der Waals surface area contributed by atoms with Crippen molar-refractivity contribution in [2.24, 2.45) is 0 Å². The van der Waals surface area contributed by atoms with Crippen LogP contribution in [0.3, 0.4) is 0 Å². The number of hydrogen-bond donors (Lipinski definition) is 1. The Morgan fingerprint density at radius 2 is 1.94 bits per heavy atom. The first-order valence-electron chi connectivity index (χ1n) is 6.05. The van der Waals surface area contributed by atoms with Gasteiger partial charge in [0.1, 0.15) is 11.6 Å². The van der Waals surface area contributed by atoms with Crippen LogP contribution in [0.4, 0.5) is 0 Å². The smallest absolute Gasteiger partial charge is 0.134 e. The first kappa shape index (κ1) is 11.2. The van der Waals surface area contributed by atoms with E-state index in [1.54, 1.807) is 7.11 Å². The van der Waals surface area contributed by atoms with Gasteiger partial charge in [-0.25, -0.2) is 9.97 Å². The van der Waals surface area contributed by atoms with E-state index in [2.05, 4.69) is 15.3 Å². The summed E-state index contributed by atoms with van der Waals surface area (Å²) < 4.78 is 5.15. The van der Waals surface area contributed by atoms with Gasteiger partial charge in [-0.3, -0.25) is 0 Å². The average molecular weight is 241 g/mol. The molecule has 0 unspecified atom stereocenters. The molecular weight excluding hydrogens is 226 g/mol. The summed E-state index contributed by atoms with van der Waals surface area (Å²) in [4.78, 5) is 8.97. The minimum absolute atomic E-state index is 0.461. The molecule has 1 aliphatic heterocycles. The first-order valence-corrected chi connectivity index (χ1v) is 6.05. The van der Waals surface area contributed by atoms with Gasteiger partial charge in [-0.2, -0.15) is 0 Å². The van der Waals surface area contributed by atoms with Crippen LogP contribution in [0.25, 0.3) is 11.3 Å². The number of benzene rings is 1. The first-order chi connectivity index (χ1) is 8.86. The Balaban J connectivity index is 1.90. The number of rotatable bonds is 3. The van der Waals surface area contributed by atoms with E-state index in [0.29, 0.717) is 5.92 Å². The Kier molecular flexibility index (Phi) is 2.94. The minimum atomic E-state index is 0.461. The van der Waals surface area contributed by atoms with Crippen molar-refractivity contribution in [3.63, 3.8) is 0 Å². The Morgan fingerprint density at radius 1 is 1.17 bits per heavy atom. The van der Waals surface area contributed by atoms with Crippen molar-refractivity contribution >= 4 is 0 Å². The van der Waals surface area contributed by atoms with Crippen LogP contribution < -0.4 is 10.1 Å². The second kappa shape index (κ2) is 4.74. The molecule has 0 radical (unpaired) electrons. The number of hydrogen-bond acceptors (Lipinski definition) is 4. The molecule has 1 aromatic carbocycles. The quantitative estimate of drug-likeness (QED) is 0.890. The van der Waals surface area contributed by atoms with Crippen LogP contribution in [-0.4, -0.2) is 30.2 Å². The summed E-state index contributed by atoms with van der Waals surface area (Å²) in [5.41, 5.74) is 2.06. The number of ether oxygens (including phenoxy) is 1. The van der Waals surface area contributed by atoms with E-state index < -0.39 is 0 Å². The summed E-state index contributed by atoms with van der Waals surface area (Å²) in [6.07, 6.45) is 1.83. The van der Waals surface area contributed by atoms with Crippen LogP contribution in [0.15, 0.2) is 36.5 Å². The van der Waals surface area contributed by atoms with Gasteiger partial charge in [-0.05, 0) is 30.3 Å².